The van der Waals surface area contributed by atoms with Gasteiger partial charge in [0.15, 0.2) is 29.1 Å². The molecule has 1 aromatic heterocycles. The minimum Gasteiger partial charge on any atom is -0.489 e. The van der Waals surface area contributed by atoms with E-state index in [0.717, 1.165) is 25.7 Å². The average molecular weight is 549 g/mol. The molecule has 2 saturated carbocycles. The number of aromatic nitrogens is 1. The largest absolute Gasteiger partial charge is 0.489 e. The van der Waals surface area contributed by atoms with Gasteiger partial charge >= 0.3 is 12.7 Å². The van der Waals surface area contributed by atoms with Crippen molar-refractivity contribution in [3.8, 4) is 23.0 Å². The lowest BCUT2D eigenvalue weighted by Crippen LogP contribution is -2.39. The Kier molecular flexibility index (Phi) is 7.58. The molecule has 5 rings (SSSR count). The highest BCUT2D eigenvalue weighted by Gasteiger charge is 2.37. The molecular weight excluding hydrogens is 518 g/mol. The quantitative estimate of drug-likeness (QED) is 0.433. The van der Waals surface area contributed by atoms with Crippen molar-refractivity contribution in [3.63, 3.8) is 0 Å². The van der Waals surface area contributed by atoms with E-state index in [1.807, 2.05) is 0 Å². The minimum absolute atomic E-state index is 0.0214. The summed E-state index contributed by atoms with van der Waals surface area (Å²) in [5, 5.41) is 2.88. The standard InChI is InChI=1S/C26H30F2N4O7/c1-13(37-26(29)35)21-20(22(33)30-17-8-9-32(11-17)24(34)15-4-5-15)31-23(39-21)16-6-7-18(38-25(27)28)19(10-16)36-12-14-2-3-14/h6-7,10,13-15,17,25H,2-5,8-9,11-12H2,1H3,(H2,29,35)(H,30,33)/t13?,17-/m1/s1. The van der Waals surface area contributed by atoms with E-state index in [2.05, 4.69) is 15.0 Å². The van der Waals surface area contributed by atoms with Gasteiger partial charge in [-0.1, -0.05) is 0 Å². The summed E-state index contributed by atoms with van der Waals surface area (Å²) in [5.74, 6) is -0.145. The second kappa shape index (κ2) is 11.1. The zero-order chi connectivity index (χ0) is 27.7. The zero-order valence-electron chi connectivity index (χ0n) is 21.4. The number of carbonyl (C=O) groups excluding carboxylic acids is 3. The number of nitrogens with one attached hydrogen (secondary N) is 1. The minimum atomic E-state index is -3.04. The highest BCUT2D eigenvalue weighted by Crippen LogP contribution is 2.37. The summed E-state index contributed by atoms with van der Waals surface area (Å²) in [6.07, 6.45) is 2.27. The predicted molar refractivity (Wildman–Crippen MR) is 131 cm³/mol. The number of benzene rings is 1. The lowest BCUT2D eigenvalue weighted by molar-refractivity contribution is -0.131. The number of hydrogen-bond donors (Lipinski definition) is 2. The molecule has 3 fully saturated rings. The molecule has 2 aliphatic carbocycles. The maximum absolute atomic E-state index is 13.3. The lowest BCUT2D eigenvalue weighted by Gasteiger charge is -2.17. The van der Waals surface area contributed by atoms with Crippen molar-refractivity contribution in [2.45, 2.75) is 57.8 Å². The molecule has 11 nitrogen and oxygen atoms in total. The second-order valence-electron chi connectivity index (χ2n) is 10.1. The fourth-order valence-corrected chi connectivity index (χ4v) is 4.48. The second-order valence-corrected chi connectivity index (χ2v) is 10.1. The van der Waals surface area contributed by atoms with Gasteiger partial charge in [0, 0.05) is 30.6 Å². The Bertz CT molecular complexity index is 1240. The topological polar surface area (TPSA) is 146 Å². The summed E-state index contributed by atoms with van der Waals surface area (Å²) < 4.78 is 47.0. The predicted octanol–water partition coefficient (Wildman–Crippen LogP) is 3.63. The van der Waals surface area contributed by atoms with Crippen LogP contribution in [0.2, 0.25) is 0 Å². The number of oxazole rings is 1. The van der Waals surface area contributed by atoms with E-state index in [-0.39, 0.29) is 46.7 Å². The highest BCUT2D eigenvalue weighted by atomic mass is 19.3. The van der Waals surface area contributed by atoms with Crippen molar-refractivity contribution in [2.24, 2.45) is 17.6 Å². The van der Waals surface area contributed by atoms with Gasteiger partial charge in [-0.15, -0.1) is 0 Å². The van der Waals surface area contributed by atoms with Crippen molar-refractivity contribution >= 4 is 17.9 Å². The van der Waals surface area contributed by atoms with Crippen LogP contribution in [-0.4, -0.2) is 60.1 Å². The summed E-state index contributed by atoms with van der Waals surface area (Å²) >= 11 is 0. The Hall–Kier alpha value is -3.90. The van der Waals surface area contributed by atoms with E-state index < -0.39 is 24.7 Å². The Morgan fingerprint density at radius 2 is 1.95 bits per heavy atom. The van der Waals surface area contributed by atoms with E-state index in [0.29, 0.717) is 37.6 Å². The molecule has 2 atom stereocenters. The van der Waals surface area contributed by atoms with Gasteiger partial charge in [0.05, 0.1) is 6.61 Å². The normalized spacial score (nSPS) is 19.6. The van der Waals surface area contributed by atoms with Crippen molar-refractivity contribution in [3.05, 3.63) is 29.7 Å². The average Bonchev–Trinajstić information content (AvgIpc) is 3.81. The Morgan fingerprint density at radius 1 is 1.18 bits per heavy atom. The fourth-order valence-electron chi connectivity index (χ4n) is 4.48. The zero-order valence-corrected chi connectivity index (χ0v) is 21.4. The first-order chi connectivity index (χ1) is 18.7. The van der Waals surface area contributed by atoms with Crippen LogP contribution in [0.3, 0.4) is 0 Å². The summed E-state index contributed by atoms with van der Waals surface area (Å²) in [5.41, 5.74) is 5.37. The molecule has 2 heterocycles. The number of nitrogens with zero attached hydrogens (tertiary/aromatic N) is 2. The number of rotatable bonds is 11. The molecule has 1 aromatic carbocycles. The number of carbonyl (C=O) groups is 3. The van der Waals surface area contributed by atoms with Crippen LogP contribution in [-0.2, 0) is 9.53 Å². The van der Waals surface area contributed by atoms with E-state index in [1.54, 1.807) is 4.90 Å². The number of nitrogens with two attached hydrogens (primary N) is 1. The molecule has 0 spiro atoms. The number of halogens is 2. The number of ether oxygens (including phenoxy) is 3. The Labute approximate surface area is 222 Å². The third-order valence-corrected chi connectivity index (χ3v) is 6.87. The molecular formula is C26H30F2N4O7. The maximum atomic E-state index is 13.3. The Morgan fingerprint density at radius 3 is 2.62 bits per heavy atom. The van der Waals surface area contributed by atoms with Crippen LogP contribution in [0.25, 0.3) is 11.5 Å². The van der Waals surface area contributed by atoms with Crippen molar-refractivity contribution in [1.29, 1.82) is 0 Å². The van der Waals surface area contributed by atoms with Crippen LogP contribution in [0.15, 0.2) is 22.6 Å². The summed E-state index contributed by atoms with van der Waals surface area (Å²) in [4.78, 5) is 43.1. The van der Waals surface area contributed by atoms with E-state index in [4.69, 9.17) is 19.6 Å². The van der Waals surface area contributed by atoms with Crippen LogP contribution in [0, 0.1) is 11.8 Å². The summed E-state index contributed by atoms with van der Waals surface area (Å²) in [7, 11) is 0. The molecule has 3 amide bonds. The molecule has 1 aliphatic heterocycles. The van der Waals surface area contributed by atoms with E-state index in [9.17, 15) is 23.2 Å². The van der Waals surface area contributed by atoms with Gasteiger partial charge < -0.3 is 34.6 Å². The summed E-state index contributed by atoms with van der Waals surface area (Å²) in [6, 6.07) is 3.90. The van der Waals surface area contributed by atoms with Crippen LogP contribution < -0.4 is 20.5 Å². The van der Waals surface area contributed by atoms with Gasteiger partial charge in [-0.2, -0.15) is 8.78 Å². The third kappa shape index (κ3) is 6.58. The molecule has 3 N–H and O–H groups in total. The third-order valence-electron chi connectivity index (χ3n) is 6.87. The fraction of sp³-hybridized carbons (Fsp3) is 0.538. The first-order valence-corrected chi connectivity index (χ1v) is 13.0. The van der Waals surface area contributed by atoms with Crippen molar-refractivity contribution in [1.82, 2.24) is 15.2 Å². The molecule has 39 heavy (non-hydrogen) atoms. The number of alkyl halides is 2. The van der Waals surface area contributed by atoms with Gasteiger partial charge in [0.1, 0.15) is 0 Å². The van der Waals surface area contributed by atoms with Crippen molar-refractivity contribution in [2.75, 3.05) is 19.7 Å². The number of primary amides is 1. The first-order valence-electron chi connectivity index (χ1n) is 13.0. The number of hydrogen-bond acceptors (Lipinski definition) is 8. The van der Waals surface area contributed by atoms with E-state index in [1.165, 1.54) is 25.1 Å². The first kappa shape index (κ1) is 26.7. The SMILES string of the molecule is CC(OC(N)=O)c1oc(-c2ccc(OC(F)F)c(OCC3CC3)c2)nc1C(=O)N[C@@H]1CCN(C(=O)C2CC2)C1. The molecule has 0 bridgehead atoms. The summed E-state index contributed by atoms with van der Waals surface area (Å²) in [6.45, 7) is -0.280. The number of amides is 3. The van der Waals surface area contributed by atoms with Gasteiger partial charge in [-0.25, -0.2) is 9.78 Å². The van der Waals surface area contributed by atoms with E-state index >= 15 is 0 Å². The molecule has 1 unspecified atom stereocenters. The lowest BCUT2D eigenvalue weighted by atomic mass is 10.2. The monoisotopic (exact) mass is 548 g/mol. The smallest absolute Gasteiger partial charge is 0.405 e. The molecule has 13 heteroatoms. The Balaban J connectivity index is 1.38. The van der Waals surface area contributed by atoms with Gasteiger partial charge in [-0.05, 0) is 63.1 Å². The van der Waals surface area contributed by atoms with Crippen molar-refractivity contribution < 1.29 is 41.8 Å². The molecule has 1 saturated heterocycles. The van der Waals surface area contributed by atoms with Gasteiger partial charge in [0.2, 0.25) is 11.8 Å². The molecule has 2 aromatic rings. The molecule has 0 radical (unpaired) electrons. The van der Waals surface area contributed by atoms with Crippen LogP contribution in [0.5, 0.6) is 11.5 Å². The number of likely N-dealkylation sites (tertiary alicyclic amines) is 1. The van der Waals surface area contributed by atoms with Gasteiger partial charge in [0.25, 0.3) is 5.91 Å². The highest BCUT2D eigenvalue weighted by molar-refractivity contribution is 5.94. The van der Waals surface area contributed by atoms with Crippen LogP contribution >= 0.6 is 0 Å². The van der Waals surface area contributed by atoms with Gasteiger partial charge in [-0.3, -0.25) is 9.59 Å². The molecule has 210 valence electrons. The van der Waals surface area contributed by atoms with Crippen LogP contribution in [0.4, 0.5) is 13.6 Å². The molecule has 3 aliphatic rings. The van der Waals surface area contributed by atoms with Crippen LogP contribution in [0.1, 0.15) is 61.4 Å². The maximum Gasteiger partial charge on any atom is 0.405 e.